The van der Waals surface area contributed by atoms with Gasteiger partial charge in [-0.2, -0.15) is 0 Å². The monoisotopic (exact) mass is 210 g/mol. The third-order valence-electron chi connectivity index (χ3n) is 4.39. The average Bonchev–Trinajstić information content (AvgIpc) is 2.75. The normalized spacial score (nSPS) is 31.6. The Morgan fingerprint density at radius 2 is 2.00 bits per heavy atom. The van der Waals surface area contributed by atoms with Crippen molar-refractivity contribution in [3.8, 4) is 0 Å². The van der Waals surface area contributed by atoms with Crippen molar-refractivity contribution >= 4 is 0 Å². The van der Waals surface area contributed by atoms with Gasteiger partial charge in [0, 0.05) is 18.6 Å². The fraction of sp³-hybridized carbons (Fsp3) is 1.00. The van der Waals surface area contributed by atoms with Gasteiger partial charge in [0.2, 0.25) is 0 Å². The second kappa shape index (κ2) is 4.42. The zero-order valence-electron chi connectivity index (χ0n) is 10.3. The lowest BCUT2D eigenvalue weighted by Crippen LogP contribution is -2.47. The van der Waals surface area contributed by atoms with E-state index < -0.39 is 0 Å². The van der Waals surface area contributed by atoms with Gasteiger partial charge in [0.1, 0.15) is 0 Å². The van der Waals surface area contributed by atoms with Gasteiger partial charge in [-0.15, -0.1) is 0 Å². The Morgan fingerprint density at radius 1 is 1.33 bits per heavy atom. The van der Waals surface area contributed by atoms with Gasteiger partial charge in [-0.1, -0.05) is 26.7 Å². The number of nitrogens with zero attached hydrogens (tertiary/aromatic N) is 1. The summed E-state index contributed by atoms with van der Waals surface area (Å²) in [7, 11) is 0. The zero-order chi connectivity index (χ0) is 10.9. The molecule has 0 aromatic heterocycles. The molecule has 0 bridgehead atoms. The van der Waals surface area contributed by atoms with E-state index in [4.69, 9.17) is 5.73 Å². The highest BCUT2D eigenvalue weighted by molar-refractivity contribution is 4.93. The van der Waals surface area contributed by atoms with Crippen LogP contribution in [0.2, 0.25) is 0 Å². The minimum Gasteiger partial charge on any atom is -0.324 e. The van der Waals surface area contributed by atoms with Crippen LogP contribution in [0.1, 0.15) is 46.0 Å². The van der Waals surface area contributed by atoms with E-state index in [1.165, 1.54) is 45.2 Å². The third kappa shape index (κ3) is 2.73. The number of likely N-dealkylation sites (tertiary alicyclic amines) is 1. The van der Waals surface area contributed by atoms with E-state index in [-0.39, 0.29) is 5.54 Å². The molecule has 2 N–H and O–H groups in total. The van der Waals surface area contributed by atoms with Gasteiger partial charge in [0.15, 0.2) is 0 Å². The Bertz CT molecular complexity index is 207. The first-order valence-electron chi connectivity index (χ1n) is 6.60. The quantitative estimate of drug-likeness (QED) is 0.774. The van der Waals surface area contributed by atoms with Gasteiger partial charge >= 0.3 is 0 Å². The van der Waals surface area contributed by atoms with E-state index >= 15 is 0 Å². The lowest BCUT2D eigenvalue weighted by molar-refractivity contribution is 0.233. The van der Waals surface area contributed by atoms with Gasteiger partial charge in [0.05, 0.1) is 0 Å². The topological polar surface area (TPSA) is 29.3 Å². The fourth-order valence-corrected chi connectivity index (χ4v) is 3.23. The number of nitrogens with two attached hydrogens (primary N) is 1. The molecule has 2 fully saturated rings. The van der Waals surface area contributed by atoms with Crippen molar-refractivity contribution in [2.75, 3.05) is 19.6 Å². The van der Waals surface area contributed by atoms with Crippen molar-refractivity contribution in [3.05, 3.63) is 0 Å². The van der Waals surface area contributed by atoms with Crippen molar-refractivity contribution < 1.29 is 0 Å². The van der Waals surface area contributed by atoms with Crippen molar-refractivity contribution in [2.45, 2.75) is 51.5 Å². The minimum atomic E-state index is 0.159. The van der Waals surface area contributed by atoms with Crippen LogP contribution in [0.5, 0.6) is 0 Å². The molecule has 0 aromatic carbocycles. The molecule has 1 saturated heterocycles. The first kappa shape index (κ1) is 11.4. The molecule has 0 spiro atoms. The molecule has 2 rings (SSSR count). The maximum Gasteiger partial charge on any atom is 0.0283 e. The Morgan fingerprint density at radius 3 is 2.53 bits per heavy atom. The van der Waals surface area contributed by atoms with Crippen LogP contribution < -0.4 is 5.73 Å². The van der Waals surface area contributed by atoms with Crippen LogP contribution >= 0.6 is 0 Å². The van der Waals surface area contributed by atoms with Crippen molar-refractivity contribution in [1.82, 2.24) is 4.90 Å². The highest BCUT2D eigenvalue weighted by Gasteiger charge is 2.34. The molecule has 2 aliphatic rings. The summed E-state index contributed by atoms with van der Waals surface area (Å²) in [5, 5.41) is 0. The minimum absolute atomic E-state index is 0.159. The summed E-state index contributed by atoms with van der Waals surface area (Å²) in [6, 6.07) is 0. The largest absolute Gasteiger partial charge is 0.324 e. The van der Waals surface area contributed by atoms with Crippen LogP contribution in [0.4, 0.5) is 0 Å². The van der Waals surface area contributed by atoms with E-state index in [0.29, 0.717) is 0 Å². The van der Waals surface area contributed by atoms with E-state index in [0.717, 1.165) is 18.4 Å². The van der Waals surface area contributed by atoms with Crippen LogP contribution in [-0.2, 0) is 0 Å². The lowest BCUT2D eigenvalue weighted by atomic mass is 9.95. The van der Waals surface area contributed by atoms with Crippen LogP contribution in [0, 0.1) is 11.8 Å². The number of hydrogen-bond donors (Lipinski definition) is 1. The van der Waals surface area contributed by atoms with Crippen LogP contribution in [0.25, 0.3) is 0 Å². The van der Waals surface area contributed by atoms with Crippen LogP contribution in [0.15, 0.2) is 0 Å². The average molecular weight is 210 g/mol. The first-order chi connectivity index (χ1) is 7.09. The molecule has 2 nitrogen and oxygen atoms in total. The molecule has 1 aliphatic heterocycles. The molecule has 1 aliphatic carbocycles. The van der Waals surface area contributed by atoms with Gasteiger partial charge in [0.25, 0.3) is 0 Å². The molecular formula is C13H26N2. The van der Waals surface area contributed by atoms with Crippen molar-refractivity contribution in [2.24, 2.45) is 17.6 Å². The number of rotatable bonds is 3. The highest BCUT2D eigenvalue weighted by Crippen LogP contribution is 2.31. The van der Waals surface area contributed by atoms with Gasteiger partial charge in [-0.05, 0) is 37.6 Å². The smallest absolute Gasteiger partial charge is 0.0283 e. The molecule has 0 aromatic rings. The molecule has 0 radical (unpaired) electrons. The first-order valence-corrected chi connectivity index (χ1v) is 6.60. The lowest BCUT2D eigenvalue weighted by Gasteiger charge is -2.29. The van der Waals surface area contributed by atoms with E-state index in [1.807, 2.05) is 0 Å². The molecule has 1 heterocycles. The molecule has 1 unspecified atom stereocenters. The molecule has 1 saturated carbocycles. The SMILES string of the molecule is CC(C)C1CCN(CC2(N)CCCC2)C1. The van der Waals surface area contributed by atoms with Gasteiger partial charge in [-0.25, -0.2) is 0 Å². The maximum atomic E-state index is 6.42. The second-order valence-electron chi connectivity index (χ2n) is 6.10. The molecule has 1 atom stereocenters. The van der Waals surface area contributed by atoms with Crippen LogP contribution in [-0.4, -0.2) is 30.1 Å². The Balaban J connectivity index is 1.81. The van der Waals surface area contributed by atoms with Gasteiger partial charge in [-0.3, -0.25) is 0 Å². The summed E-state index contributed by atoms with van der Waals surface area (Å²) in [5.41, 5.74) is 6.58. The Labute approximate surface area is 94.2 Å². The Hall–Kier alpha value is -0.0800. The molecule has 2 heteroatoms. The Kier molecular flexibility index (Phi) is 3.36. The van der Waals surface area contributed by atoms with Crippen molar-refractivity contribution in [3.63, 3.8) is 0 Å². The van der Waals surface area contributed by atoms with E-state index in [9.17, 15) is 0 Å². The fourth-order valence-electron chi connectivity index (χ4n) is 3.23. The second-order valence-corrected chi connectivity index (χ2v) is 6.10. The van der Waals surface area contributed by atoms with Crippen LogP contribution in [0.3, 0.4) is 0 Å². The molecule has 88 valence electrons. The summed E-state index contributed by atoms with van der Waals surface area (Å²) >= 11 is 0. The van der Waals surface area contributed by atoms with E-state index in [1.54, 1.807) is 0 Å². The number of hydrogen-bond acceptors (Lipinski definition) is 2. The summed E-state index contributed by atoms with van der Waals surface area (Å²) in [6.07, 6.45) is 6.56. The highest BCUT2D eigenvalue weighted by atomic mass is 15.2. The third-order valence-corrected chi connectivity index (χ3v) is 4.39. The maximum absolute atomic E-state index is 6.42. The summed E-state index contributed by atoms with van der Waals surface area (Å²) in [5.74, 6) is 1.75. The van der Waals surface area contributed by atoms with Gasteiger partial charge < -0.3 is 10.6 Å². The molecule has 15 heavy (non-hydrogen) atoms. The molecule has 0 amide bonds. The summed E-state index contributed by atoms with van der Waals surface area (Å²) < 4.78 is 0. The summed E-state index contributed by atoms with van der Waals surface area (Å²) in [4.78, 5) is 2.61. The van der Waals surface area contributed by atoms with Crippen molar-refractivity contribution in [1.29, 1.82) is 0 Å². The zero-order valence-corrected chi connectivity index (χ0v) is 10.3. The molecular weight excluding hydrogens is 184 g/mol. The predicted molar refractivity (Wildman–Crippen MR) is 64.8 cm³/mol. The summed E-state index contributed by atoms with van der Waals surface area (Å²) in [6.45, 7) is 8.42. The van der Waals surface area contributed by atoms with E-state index in [2.05, 4.69) is 18.7 Å². The predicted octanol–water partition coefficient (Wildman–Crippen LogP) is 2.24. The standard InChI is InChI=1S/C13H26N2/c1-11(2)12-5-8-15(9-12)10-13(14)6-3-4-7-13/h11-12H,3-10,14H2,1-2H3.